The van der Waals surface area contributed by atoms with Crippen molar-refractivity contribution in [1.82, 2.24) is 10.1 Å². The summed E-state index contributed by atoms with van der Waals surface area (Å²) in [4.78, 5) is 4.60. The minimum absolute atomic E-state index is 0.0758. The van der Waals surface area contributed by atoms with Gasteiger partial charge in [0, 0.05) is 5.92 Å². The quantitative estimate of drug-likeness (QED) is 0.909. The second kappa shape index (κ2) is 5.61. The Labute approximate surface area is 114 Å². The van der Waals surface area contributed by atoms with E-state index in [0.29, 0.717) is 11.8 Å². The van der Waals surface area contributed by atoms with Gasteiger partial charge in [-0.25, -0.2) is 0 Å². The maximum absolute atomic E-state index is 9.91. The van der Waals surface area contributed by atoms with Crippen LogP contribution >= 0.6 is 0 Å². The zero-order valence-corrected chi connectivity index (χ0v) is 11.7. The van der Waals surface area contributed by atoms with Crippen LogP contribution in [0, 0.1) is 5.92 Å². The summed E-state index contributed by atoms with van der Waals surface area (Å²) in [5, 5.41) is 14.1. The number of nitrogens with zero attached hydrogens (tertiary/aromatic N) is 2. The minimum atomic E-state index is -0.289. The highest BCUT2D eigenvalue weighted by Crippen LogP contribution is 2.38. The molecule has 0 bridgehead atoms. The summed E-state index contributed by atoms with van der Waals surface area (Å²) < 4.78 is 5.42. The first-order chi connectivity index (χ1) is 9.28. The van der Waals surface area contributed by atoms with Gasteiger partial charge in [0.1, 0.15) is 0 Å². The molecule has 0 radical (unpaired) electrons. The topological polar surface area (TPSA) is 59.2 Å². The van der Waals surface area contributed by atoms with Crippen LogP contribution < -0.4 is 0 Å². The normalized spacial score (nSPS) is 35.7. The largest absolute Gasteiger partial charge is 0.392 e. The molecule has 19 heavy (non-hydrogen) atoms. The lowest BCUT2D eigenvalue weighted by Crippen LogP contribution is -2.15. The van der Waals surface area contributed by atoms with Crippen LogP contribution in [-0.2, 0) is 0 Å². The van der Waals surface area contributed by atoms with Crippen molar-refractivity contribution in [1.29, 1.82) is 0 Å². The standard InChI is InChI=1S/C15H24N2O2/c1-2-10-5-3-6-11(9-10)14-16-15(19-17-14)12-7-4-8-13(12)18/h10-13,18H,2-9H2,1H3. The third-order valence-electron chi connectivity index (χ3n) is 4.98. The molecule has 4 atom stereocenters. The molecule has 2 aliphatic carbocycles. The molecule has 2 aliphatic rings. The number of hydrogen-bond donors (Lipinski definition) is 1. The number of hydrogen-bond acceptors (Lipinski definition) is 4. The van der Waals surface area contributed by atoms with Crippen molar-refractivity contribution < 1.29 is 9.63 Å². The Morgan fingerprint density at radius 2 is 2.05 bits per heavy atom. The molecule has 3 rings (SSSR count). The van der Waals surface area contributed by atoms with E-state index in [1.54, 1.807) is 0 Å². The van der Waals surface area contributed by atoms with Gasteiger partial charge in [0.05, 0.1) is 12.0 Å². The van der Waals surface area contributed by atoms with Gasteiger partial charge in [-0.05, 0) is 38.0 Å². The number of rotatable bonds is 3. The minimum Gasteiger partial charge on any atom is -0.392 e. The molecular weight excluding hydrogens is 240 g/mol. The molecule has 1 aromatic rings. The van der Waals surface area contributed by atoms with Gasteiger partial charge >= 0.3 is 0 Å². The van der Waals surface area contributed by atoms with Crippen LogP contribution in [0.25, 0.3) is 0 Å². The summed E-state index contributed by atoms with van der Waals surface area (Å²) in [6.45, 7) is 2.27. The Hall–Kier alpha value is -0.900. The van der Waals surface area contributed by atoms with Crippen molar-refractivity contribution >= 4 is 0 Å². The molecule has 4 nitrogen and oxygen atoms in total. The molecule has 2 fully saturated rings. The molecule has 1 aromatic heterocycles. The average molecular weight is 264 g/mol. The van der Waals surface area contributed by atoms with E-state index in [9.17, 15) is 5.11 Å². The van der Waals surface area contributed by atoms with Gasteiger partial charge in [-0.15, -0.1) is 0 Å². The number of aromatic nitrogens is 2. The van der Waals surface area contributed by atoms with Gasteiger partial charge in [-0.2, -0.15) is 4.98 Å². The number of aliphatic hydroxyl groups is 1. The third-order valence-corrected chi connectivity index (χ3v) is 4.98. The smallest absolute Gasteiger partial charge is 0.232 e. The zero-order valence-electron chi connectivity index (χ0n) is 11.7. The molecule has 2 saturated carbocycles. The SMILES string of the molecule is CCC1CCCC(c2noc(C3CCCC3O)n2)C1. The molecule has 0 aromatic carbocycles. The molecule has 0 amide bonds. The van der Waals surface area contributed by atoms with Crippen molar-refractivity contribution in [2.75, 3.05) is 0 Å². The van der Waals surface area contributed by atoms with E-state index in [0.717, 1.165) is 31.0 Å². The first kappa shape index (κ1) is 13.1. The first-order valence-corrected chi connectivity index (χ1v) is 7.79. The summed E-state index contributed by atoms with van der Waals surface area (Å²) in [6, 6.07) is 0. The molecular formula is C15H24N2O2. The fourth-order valence-corrected chi connectivity index (χ4v) is 3.69. The van der Waals surface area contributed by atoms with Gasteiger partial charge in [0.25, 0.3) is 0 Å². The molecule has 106 valence electrons. The Bertz CT molecular complexity index is 418. The molecule has 4 unspecified atom stereocenters. The van der Waals surface area contributed by atoms with E-state index in [2.05, 4.69) is 17.1 Å². The van der Waals surface area contributed by atoms with Crippen LogP contribution in [0.4, 0.5) is 0 Å². The van der Waals surface area contributed by atoms with Crippen molar-refractivity contribution in [3.05, 3.63) is 11.7 Å². The summed E-state index contributed by atoms with van der Waals surface area (Å²) in [5.74, 6) is 2.91. The monoisotopic (exact) mass is 264 g/mol. The summed E-state index contributed by atoms with van der Waals surface area (Å²) in [5.41, 5.74) is 0. The lowest BCUT2D eigenvalue weighted by atomic mass is 9.80. The molecule has 1 heterocycles. The highest BCUT2D eigenvalue weighted by Gasteiger charge is 2.33. The van der Waals surface area contributed by atoms with Gasteiger partial charge in [-0.1, -0.05) is 31.3 Å². The highest BCUT2D eigenvalue weighted by molar-refractivity contribution is 5.04. The fraction of sp³-hybridized carbons (Fsp3) is 0.867. The maximum Gasteiger partial charge on any atom is 0.232 e. The van der Waals surface area contributed by atoms with E-state index in [-0.39, 0.29) is 12.0 Å². The van der Waals surface area contributed by atoms with Crippen molar-refractivity contribution in [2.24, 2.45) is 5.92 Å². The Morgan fingerprint density at radius 3 is 2.79 bits per heavy atom. The lowest BCUT2D eigenvalue weighted by molar-refractivity contribution is 0.148. The van der Waals surface area contributed by atoms with Crippen LogP contribution in [0.1, 0.15) is 81.8 Å². The van der Waals surface area contributed by atoms with Gasteiger partial charge in [0.15, 0.2) is 5.82 Å². The number of aliphatic hydroxyl groups excluding tert-OH is 1. The highest BCUT2D eigenvalue weighted by atomic mass is 16.5. The predicted molar refractivity (Wildman–Crippen MR) is 71.9 cm³/mol. The van der Waals surface area contributed by atoms with E-state index in [1.807, 2.05) is 0 Å². The molecule has 4 heteroatoms. The molecule has 0 aliphatic heterocycles. The first-order valence-electron chi connectivity index (χ1n) is 7.79. The second-order valence-electron chi connectivity index (χ2n) is 6.23. The average Bonchev–Trinajstić information content (AvgIpc) is 3.07. The fourth-order valence-electron chi connectivity index (χ4n) is 3.69. The van der Waals surface area contributed by atoms with Crippen LogP contribution in [-0.4, -0.2) is 21.4 Å². The lowest BCUT2D eigenvalue weighted by Gasteiger charge is -2.26. The Morgan fingerprint density at radius 1 is 1.21 bits per heavy atom. The van der Waals surface area contributed by atoms with Gasteiger partial charge in [0.2, 0.25) is 5.89 Å². The van der Waals surface area contributed by atoms with E-state index in [1.165, 1.54) is 32.1 Å². The van der Waals surface area contributed by atoms with Crippen molar-refractivity contribution in [3.63, 3.8) is 0 Å². The summed E-state index contributed by atoms with van der Waals surface area (Å²) in [7, 11) is 0. The van der Waals surface area contributed by atoms with E-state index in [4.69, 9.17) is 4.52 Å². The van der Waals surface area contributed by atoms with Gasteiger partial charge in [-0.3, -0.25) is 0 Å². The van der Waals surface area contributed by atoms with Crippen LogP contribution in [0.5, 0.6) is 0 Å². The van der Waals surface area contributed by atoms with E-state index < -0.39 is 0 Å². The van der Waals surface area contributed by atoms with Crippen molar-refractivity contribution in [2.45, 2.75) is 76.2 Å². The summed E-state index contributed by atoms with van der Waals surface area (Å²) >= 11 is 0. The zero-order chi connectivity index (χ0) is 13.2. The third kappa shape index (κ3) is 2.69. The van der Waals surface area contributed by atoms with Crippen LogP contribution in [0.3, 0.4) is 0 Å². The molecule has 1 N–H and O–H groups in total. The summed E-state index contributed by atoms with van der Waals surface area (Å²) in [6.07, 6.45) is 8.87. The second-order valence-corrected chi connectivity index (χ2v) is 6.23. The van der Waals surface area contributed by atoms with Crippen molar-refractivity contribution in [3.8, 4) is 0 Å². The Kier molecular flexibility index (Phi) is 3.87. The molecule has 0 spiro atoms. The van der Waals surface area contributed by atoms with E-state index >= 15 is 0 Å². The van der Waals surface area contributed by atoms with Gasteiger partial charge < -0.3 is 9.63 Å². The molecule has 0 saturated heterocycles. The predicted octanol–water partition coefficient (Wildman–Crippen LogP) is 3.38. The van der Waals surface area contributed by atoms with Crippen LogP contribution in [0.2, 0.25) is 0 Å². The Balaban J connectivity index is 1.70. The maximum atomic E-state index is 9.91. The van der Waals surface area contributed by atoms with Crippen LogP contribution in [0.15, 0.2) is 4.52 Å².